The van der Waals surface area contributed by atoms with Crippen LogP contribution in [0.3, 0.4) is 0 Å². The van der Waals surface area contributed by atoms with E-state index in [1.54, 1.807) is 30.3 Å². The number of ether oxygens (including phenoxy) is 2. The lowest BCUT2D eigenvalue weighted by Crippen LogP contribution is -2.15. The van der Waals surface area contributed by atoms with Crippen molar-refractivity contribution in [2.75, 3.05) is 17.9 Å². The predicted molar refractivity (Wildman–Crippen MR) is 111 cm³/mol. The lowest BCUT2D eigenvalue weighted by molar-refractivity contribution is -0.113. The molecule has 1 amide bonds. The fourth-order valence-corrected chi connectivity index (χ4v) is 4.20. The van der Waals surface area contributed by atoms with Crippen molar-refractivity contribution in [3.05, 3.63) is 47.2 Å². The number of anilines is 1. The monoisotopic (exact) mass is 446 g/mol. The molecule has 0 saturated heterocycles. The van der Waals surface area contributed by atoms with Gasteiger partial charge in [-0.3, -0.25) is 9.36 Å². The Hall–Kier alpha value is -2.78. The molecule has 1 fully saturated rings. The number of aromatic nitrogens is 3. The molecule has 1 aromatic heterocycles. The molecular formula is C20H16ClFN4O3S. The first-order valence-corrected chi connectivity index (χ1v) is 10.7. The number of carbonyl (C=O) groups excluding carboxylic acids is 1. The molecule has 30 heavy (non-hydrogen) atoms. The molecule has 154 valence electrons. The zero-order valence-electron chi connectivity index (χ0n) is 15.6. The molecule has 5 rings (SSSR count). The summed E-state index contributed by atoms with van der Waals surface area (Å²) in [4.78, 5) is 12.5. The maximum absolute atomic E-state index is 14.3. The maximum Gasteiger partial charge on any atom is 0.234 e. The van der Waals surface area contributed by atoms with Crippen LogP contribution in [0, 0.1) is 5.82 Å². The first kappa shape index (κ1) is 19.2. The molecule has 10 heteroatoms. The van der Waals surface area contributed by atoms with Crippen LogP contribution in [0.15, 0.2) is 41.6 Å². The van der Waals surface area contributed by atoms with Crippen LogP contribution in [0.25, 0.3) is 11.4 Å². The van der Waals surface area contributed by atoms with Crippen molar-refractivity contribution in [2.45, 2.75) is 24.0 Å². The van der Waals surface area contributed by atoms with Gasteiger partial charge in [-0.15, -0.1) is 10.2 Å². The average molecular weight is 447 g/mol. The van der Waals surface area contributed by atoms with Crippen LogP contribution in [0.5, 0.6) is 11.5 Å². The van der Waals surface area contributed by atoms with Crippen LogP contribution in [0.4, 0.5) is 10.1 Å². The van der Waals surface area contributed by atoms with Gasteiger partial charge in [0.2, 0.25) is 12.7 Å². The highest BCUT2D eigenvalue weighted by molar-refractivity contribution is 7.99. The van der Waals surface area contributed by atoms with E-state index in [2.05, 4.69) is 15.5 Å². The maximum atomic E-state index is 14.3. The van der Waals surface area contributed by atoms with Crippen LogP contribution in [0.1, 0.15) is 18.9 Å². The lowest BCUT2D eigenvalue weighted by atomic mass is 10.2. The van der Waals surface area contributed by atoms with E-state index in [9.17, 15) is 9.18 Å². The molecule has 2 aromatic carbocycles. The first-order valence-electron chi connectivity index (χ1n) is 9.32. The van der Waals surface area contributed by atoms with Gasteiger partial charge in [-0.25, -0.2) is 4.39 Å². The zero-order valence-corrected chi connectivity index (χ0v) is 17.2. The lowest BCUT2D eigenvalue weighted by Gasteiger charge is -2.10. The summed E-state index contributed by atoms with van der Waals surface area (Å²) in [7, 11) is 0. The number of fused-ring (bicyclic) bond motifs is 1. The van der Waals surface area contributed by atoms with Crippen molar-refractivity contribution in [3.8, 4) is 22.9 Å². The molecule has 0 spiro atoms. The molecule has 0 unspecified atom stereocenters. The fourth-order valence-electron chi connectivity index (χ4n) is 3.19. The zero-order chi connectivity index (χ0) is 20.7. The van der Waals surface area contributed by atoms with Gasteiger partial charge in [-0.1, -0.05) is 35.5 Å². The van der Waals surface area contributed by atoms with Crippen LogP contribution < -0.4 is 14.8 Å². The third-order valence-corrected chi connectivity index (χ3v) is 6.02. The van der Waals surface area contributed by atoms with E-state index >= 15 is 0 Å². The molecular weight excluding hydrogens is 431 g/mol. The molecule has 0 atom stereocenters. The Kier molecular flexibility index (Phi) is 5.00. The van der Waals surface area contributed by atoms with E-state index in [0.29, 0.717) is 38.8 Å². The van der Waals surface area contributed by atoms with Gasteiger partial charge in [-0.05, 0) is 25.0 Å². The summed E-state index contributed by atoms with van der Waals surface area (Å²) >= 11 is 7.46. The summed E-state index contributed by atoms with van der Waals surface area (Å²) in [5.74, 6) is 1.07. The first-order chi connectivity index (χ1) is 14.6. The Labute approximate surface area is 180 Å². The molecule has 0 radical (unpaired) electrons. The van der Waals surface area contributed by atoms with Gasteiger partial charge in [0, 0.05) is 18.2 Å². The quantitative estimate of drug-likeness (QED) is 0.560. The Morgan fingerprint density at radius 3 is 2.77 bits per heavy atom. The van der Waals surface area contributed by atoms with Gasteiger partial charge in [0.1, 0.15) is 5.82 Å². The summed E-state index contributed by atoms with van der Waals surface area (Å²) in [5.41, 5.74) is 0.850. The Morgan fingerprint density at radius 1 is 1.23 bits per heavy atom. The number of hydrogen-bond donors (Lipinski definition) is 1. The van der Waals surface area contributed by atoms with Crippen LogP contribution in [-0.2, 0) is 4.79 Å². The highest BCUT2D eigenvalue weighted by Gasteiger charge is 2.31. The van der Waals surface area contributed by atoms with Crippen molar-refractivity contribution in [1.29, 1.82) is 0 Å². The SMILES string of the molecule is O=C(CSc1nnc(-c2ccccc2F)n1C1CC1)Nc1cc2c(cc1Cl)OCO2. The number of carbonyl (C=O) groups is 1. The number of rotatable bonds is 6. The minimum atomic E-state index is -0.349. The molecule has 7 nitrogen and oxygen atoms in total. The van der Waals surface area contributed by atoms with Crippen molar-refractivity contribution < 1.29 is 18.7 Å². The van der Waals surface area contributed by atoms with Gasteiger partial charge in [0.05, 0.1) is 22.0 Å². The van der Waals surface area contributed by atoms with E-state index in [1.807, 2.05) is 4.57 Å². The Balaban J connectivity index is 1.31. The number of halogens is 2. The molecule has 2 aliphatic rings. The minimum Gasteiger partial charge on any atom is -0.454 e. The van der Waals surface area contributed by atoms with Gasteiger partial charge in [0.15, 0.2) is 22.5 Å². The molecule has 1 N–H and O–H groups in total. The summed E-state index contributed by atoms with van der Waals surface area (Å²) in [5, 5.41) is 12.1. The van der Waals surface area contributed by atoms with E-state index in [4.69, 9.17) is 21.1 Å². The van der Waals surface area contributed by atoms with Crippen molar-refractivity contribution >= 4 is 35.0 Å². The standard InChI is InChI=1S/C20H16ClFN4O3S/c21-13-7-16-17(29-10-28-16)8-15(13)23-18(27)9-30-20-25-24-19(26(20)11-5-6-11)12-3-1-2-4-14(12)22/h1-4,7-8,11H,5-6,9-10H2,(H,23,27). The largest absolute Gasteiger partial charge is 0.454 e. The van der Waals surface area contributed by atoms with E-state index in [-0.39, 0.29) is 30.3 Å². The van der Waals surface area contributed by atoms with Gasteiger partial charge >= 0.3 is 0 Å². The van der Waals surface area contributed by atoms with Crippen LogP contribution in [0.2, 0.25) is 5.02 Å². The second kappa shape index (κ2) is 7.81. The van der Waals surface area contributed by atoms with Crippen molar-refractivity contribution in [3.63, 3.8) is 0 Å². The molecule has 1 saturated carbocycles. The second-order valence-electron chi connectivity index (χ2n) is 6.91. The summed E-state index contributed by atoms with van der Waals surface area (Å²) < 4.78 is 26.8. The number of nitrogens with one attached hydrogen (secondary N) is 1. The van der Waals surface area contributed by atoms with E-state index in [0.717, 1.165) is 12.8 Å². The summed E-state index contributed by atoms with van der Waals surface area (Å²) in [6, 6.07) is 9.95. The third-order valence-electron chi connectivity index (χ3n) is 4.76. The average Bonchev–Trinajstić information content (AvgIpc) is 3.32. The van der Waals surface area contributed by atoms with Gasteiger partial charge < -0.3 is 14.8 Å². The number of benzene rings is 2. The molecule has 2 heterocycles. The third kappa shape index (κ3) is 3.70. The number of hydrogen-bond acceptors (Lipinski definition) is 6. The Morgan fingerprint density at radius 2 is 2.00 bits per heavy atom. The highest BCUT2D eigenvalue weighted by Crippen LogP contribution is 2.42. The van der Waals surface area contributed by atoms with Gasteiger partial charge in [0.25, 0.3) is 0 Å². The fraction of sp³-hybridized carbons (Fsp3) is 0.250. The van der Waals surface area contributed by atoms with E-state index < -0.39 is 0 Å². The number of nitrogens with zero attached hydrogens (tertiary/aromatic N) is 3. The molecule has 1 aliphatic heterocycles. The van der Waals surface area contributed by atoms with E-state index in [1.165, 1.54) is 17.8 Å². The van der Waals surface area contributed by atoms with Crippen molar-refractivity contribution in [2.24, 2.45) is 0 Å². The van der Waals surface area contributed by atoms with Crippen molar-refractivity contribution in [1.82, 2.24) is 14.8 Å². The van der Waals surface area contributed by atoms with Crippen LogP contribution in [-0.4, -0.2) is 33.2 Å². The predicted octanol–water partition coefficient (Wildman–Crippen LogP) is 4.53. The highest BCUT2D eigenvalue weighted by atomic mass is 35.5. The van der Waals surface area contributed by atoms with Gasteiger partial charge in [-0.2, -0.15) is 0 Å². The molecule has 3 aromatic rings. The smallest absolute Gasteiger partial charge is 0.234 e. The summed E-state index contributed by atoms with van der Waals surface area (Å²) in [6.07, 6.45) is 1.96. The number of thioether (sulfide) groups is 1. The molecule has 1 aliphatic carbocycles. The second-order valence-corrected chi connectivity index (χ2v) is 8.26. The number of amides is 1. The normalized spacial score (nSPS) is 14.7. The van der Waals surface area contributed by atoms with Crippen LogP contribution >= 0.6 is 23.4 Å². The molecule has 0 bridgehead atoms. The Bertz CT molecular complexity index is 1140. The minimum absolute atomic E-state index is 0.104. The summed E-state index contributed by atoms with van der Waals surface area (Å²) in [6.45, 7) is 0.125. The topological polar surface area (TPSA) is 78.3 Å².